The molecule has 0 aliphatic carbocycles. The maximum absolute atomic E-state index is 9.08. The average molecular weight is 224 g/mol. The molecule has 0 radical (unpaired) electrons. The Hall–Kier alpha value is -0.510. The molecule has 2 rings (SSSR count). The van der Waals surface area contributed by atoms with Crippen molar-refractivity contribution in [3.05, 3.63) is 29.3 Å². The first kappa shape index (κ1) is 10.0. The number of hydrogen-bond acceptors (Lipinski definition) is 3. The van der Waals surface area contributed by atoms with Gasteiger partial charge in [0, 0.05) is 4.70 Å². The maximum Gasteiger partial charge on any atom is 0.0682 e. The third-order valence-electron chi connectivity index (χ3n) is 2.22. The number of aliphatic hydroxyl groups is 1. The Kier molecular flexibility index (Phi) is 2.81. The second-order valence-electron chi connectivity index (χ2n) is 3.26. The molecule has 1 aromatic carbocycles. The highest BCUT2D eigenvalue weighted by Gasteiger charge is 2.05. The van der Waals surface area contributed by atoms with E-state index >= 15 is 0 Å². The van der Waals surface area contributed by atoms with Crippen molar-refractivity contribution in [3.8, 4) is 0 Å². The lowest BCUT2D eigenvalue weighted by Gasteiger charge is -1.99. The van der Waals surface area contributed by atoms with Crippen LogP contribution in [0.2, 0.25) is 0 Å². The van der Waals surface area contributed by atoms with E-state index < -0.39 is 0 Å². The van der Waals surface area contributed by atoms with Gasteiger partial charge in [0.1, 0.15) is 0 Å². The van der Waals surface area contributed by atoms with Crippen LogP contribution >= 0.6 is 23.1 Å². The summed E-state index contributed by atoms with van der Waals surface area (Å²) in [6, 6.07) is 6.32. The molecule has 1 nitrogen and oxygen atoms in total. The fourth-order valence-corrected chi connectivity index (χ4v) is 3.24. The van der Waals surface area contributed by atoms with Crippen molar-refractivity contribution in [2.75, 3.05) is 6.26 Å². The van der Waals surface area contributed by atoms with Crippen LogP contribution in [0.3, 0.4) is 0 Å². The maximum atomic E-state index is 9.08. The Morgan fingerprint density at radius 2 is 2.14 bits per heavy atom. The van der Waals surface area contributed by atoms with Gasteiger partial charge in [-0.2, -0.15) is 0 Å². The van der Waals surface area contributed by atoms with Crippen molar-refractivity contribution in [1.82, 2.24) is 0 Å². The van der Waals surface area contributed by atoms with Gasteiger partial charge < -0.3 is 5.11 Å². The van der Waals surface area contributed by atoms with E-state index in [9.17, 15) is 0 Å². The van der Waals surface area contributed by atoms with Gasteiger partial charge in [0.25, 0.3) is 0 Å². The van der Waals surface area contributed by atoms with Crippen LogP contribution in [0.5, 0.6) is 0 Å². The summed E-state index contributed by atoms with van der Waals surface area (Å²) < 4.78 is 2.67. The number of thiophene rings is 1. The summed E-state index contributed by atoms with van der Waals surface area (Å²) in [5, 5.41) is 10.3. The third kappa shape index (κ3) is 1.67. The van der Waals surface area contributed by atoms with E-state index in [2.05, 4.69) is 31.4 Å². The van der Waals surface area contributed by atoms with Crippen LogP contribution in [0.4, 0.5) is 0 Å². The average Bonchev–Trinajstić information content (AvgIpc) is 2.61. The Morgan fingerprint density at radius 1 is 1.36 bits per heavy atom. The van der Waals surface area contributed by atoms with Crippen molar-refractivity contribution in [3.63, 3.8) is 0 Å². The first-order chi connectivity index (χ1) is 6.74. The Balaban J connectivity index is 2.67. The molecule has 1 N–H and O–H groups in total. The Labute approximate surface area is 91.8 Å². The molecule has 74 valence electrons. The van der Waals surface area contributed by atoms with Crippen LogP contribution in [0.25, 0.3) is 10.1 Å². The standard InChI is InChI=1S/C11H12OS2/c1-7-3-8(6-12)4-9-5-10(13-2)14-11(7)9/h3-5,12H,6H2,1-2H3. The second-order valence-corrected chi connectivity index (χ2v) is 5.42. The smallest absolute Gasteiger partial charge is 0.0682 e. The summed E-state index contributed by atoms with van der Waals surface area (Å²) in [7, 11) is 0. The third-order valence-corrected chi connectivity index (χ3v) is 4.57. The van der Waals surface area contributed by atoms with Crippen molar-refractivity contribution in [2.24, 2.45) is 0 Å². The fourth-order valence-electron chi connectivity index (χ4n) is 1.57. The Morgan fingerprint density at radius 3 is 2.79 bits per heavy atom. The molecule has 0 spiro atoms. The first-order valence-corrected chi connectivity index (χ1v) is 6.46. The van der Waals surface area contributed by atoms with Crippen LogP contribution in [0, 0.1) is 6.92 Å². The molecular weight excluding hydrogens is 212 g/mol. The van der Waals surface area contributed by atoms with E-state index in [4.69, 9.17) is 5.11 Å². The van der Waals surface area contributed by atoms with Crippen molar-refractivity contribution in [1.29, 1.82) is 0 Å². The summed E-state index contributed by atoms with van der Waals surface area (Å²) >= 11 is 3.60. The first-order valence-electron chi connectivity index (χ1n) is 4.42. The van der Waals surface area contributed by atoms with Gasteiger partial charge in [-0.3, -0.25) is 0 Å². The van der Waals surface area contributed by atoms with Gasteiger partial charge >= 0.3 is 0 Å². The molecule has 0 aliphatic heterocycles. The Bertz CT molecular complexity index is 460. The molecule has 0 fully saturated rings. The van der Waals surface area contributed by atoms with Gasteiger partial charge in [-0.15, -0.1) is 23.1 Å². The van der Waals surface area contributed by atoms with E-state index in [1.54, 1.807) is 11.8 Å². The SMILES string of the molecule is CSc1cc2cc(CO)cc(C)c2s1. The van der Waals surface area contributed by atoms with Crippen LogP contribution in [0.1, 0.15) is 11.1 Å². The minimum Gasteiger partial charge on any atom is -0.392 e. The fraction of sp³-hybridized carbons (Fsp3) is 0.273. The minimum atomic E-state index is 0.126. The molecule has 0 aliphatic rings. The van der Waals surface area contributed by atoms with Gasteiger partial charge in [0.05, 0.1) is 10.8 Å². The van der Waals surface area contributed by atoms with E-state index in [1.165, 1.54) is 19.9 Å². The van der Waals surface area contributed by atoms with E-state index in [1.807, 2.05) is 11.3 Å². The molecule has 0 amide bonds. The molecule has 14 heavy (non-hydrogen) atoms. The van der Waals surface area contributed by atoms with Gasteiger partial charge in [0.15, 0.2) is 0 Å². The summed E-state index contributed by atoms with van der Waals surface area (Å²) in [5.74, 6) is 0. The highest BCUT2D eigenvalue weighted by atomic mass is 32.2. The molecule has 0 unspecified atom stereocenters. The van der Waals surface area contributed by atoms with Gasteiger partial charge in [-0.1, -0.05) is 6.07 Å². The normalized spacial score (nSPS) is 11.1. The predicted octanol–water partition coefficient (Wildman–Crippen LogP) is 3.42. The second kappa shape index (κ2) is 3.93. The molecule has 3 heteroatoms. The molecule has 2 aromatic rings. The number of rotatable bonds is 2. The monoisotopic (exact) mass is 224 g/mol. The van der Waals surface area contributed by atoms with Crippen molar-refractivity contribution >= 4 is 33.2 Å². The quantitative estimate of drug-likeness (QED) is 0.789. The van der Waals surface area contributed by atoms with E-state index in [-0.39, 0.29) is 6.61 Å². The lowest BCUT2D eigenvalue weighted by atomic mass is 10.1. The van der Waals surface area contributed by atoms with E-state index in [0.29, 0.717) is 0 Å². The highest BCUT2D eigenvalue weighted by Crippen LogP contribution is 2.34. The number of aryl methyl sites for hydroxylation is 1. The number of hydrogen-bond donors (Lipinski definition) is 1. The largest absolute Gasteiger partial charge is 0.392 e. The summed E-state index contributed by atoms with van der Waals surface area (Å²) in [6.45, 7) is 2.23. The lowest BCUT2D eigenvalue weighted by molar-refractivity contribution is 0.282. The van der Waals surface area contributed by atoms with Gasteiger partial charge in [-0.05, 0) is 41.8 Å². The number of thioether (sulfide) groups is 1. The van der Waals surface area contributed by atoms with Crippen molar-refractivity contribution in [2.45, 2.75) is 17.7 Å². The molecule has 0 saturated heterocycles. The zero-order chi connectivity index (χ0) is 10.1. The van der Waals surface area contributed by atoms with Gasteiger partial charge in [-0.25, -0.2) is 0 Å². The van der Waals surface area contributed by atoms with Crippen LogP contribution in [-0.2, 0) is 6.61 Å². The molecule has 1 aromatic heterocycles. The predicted molar refractivity (Wildman–Crippen MR) is 64.3 cm³/mol. The van der Waals surface area contributed by atoms with Gasteiger partial charge in [0.2, 0.25) is 0 Å². The zero-order valence-corrected chi connectivity index (χ0v) is 9.84. The summed E-state index contributed by atoms with van der Waals surface area (Å²) in [6.07, 6.45) is 2.09. The molecule has 0 atom stereocenters. The topological polar surface area (TPSA) is 20.2 Å². The minimum absolute atomic E-state index is 0.126. The highest BCUT2D eigenvalue weighted by molar-refractivity contribution is 8.00. The molecule has 1 heterocycles. The number of benzene rings is 1. The summed E-state index contributed by atoms with van der Waals surface area (Å²) in [5.41, 5.74) is 2.26. The molecule has 0 bridgehead atoms. The van der Waals surface area contributed by atoms with Crippen molar-refractivity contribution < 1.29 is 5.11 Å². The van der Waals surface area contributed by atoms with Crippen LogP contribution in [-0.4, -0.2) is 11.4 Å². The summed E-state index contributed by atoms with van der Waals surface area (Å²) in [4.78, 5) is 0. The van der Waals surface area contributed by atoms with Crippen LogP contribution < -0.4 is 0 Å². The number of fused-ring (bicyclic) bond motifs is 1. The lowest BCUT2D eigenvalue weighted by Crippen LogP contribution is -1.83. The zero-order valence-electron chi connectivity index (χ0n) is 8.20. The molecular formula is C11H12OS2. The van der Waals surface area contributed by atoms with Crippen LogP contribution in [0.15, 0.2) is 22.4 Å². The van der Waals surface area contributed by atoms with E-state index in [0.717, 1.165) is 5.56 Å². The number of aliphatic hydroxyl groups excluding tert-OH is 1. The molecule has 0 saturated carbocycles.